The molecule has 1 aromatic heterocycles. The molecule has 8 nitrogen and oxygen atoms in total. The summed E-state index contributed by atoms with van der Waals surface area (Å²) in [5.41, 5.74) is -0.452. The van der Waals surface area contributed by atoms with Gasteiger partial charge < -0.3 is 30.9 Å². The fourth-order valence-electron chi connectivity index (χ4n) is 5.07. The van der Waals surface area contributed by atoms with E-state index in [1.165, 1.54) is 13.1 Å². The van der Waals surface area contributed by atoms with E-state index in [4.69, 9.17) is 5.11 Å². The van der Waals surface area contributed by atoms with Crippen molar-refractivity contribution in [3.63, 3.8) is 0 Å². The molecule has 3 atom stereocenters. The molecule has 46 heavy (non-hydrogen) atoms. The molecule has 4 rings (SSSR count). The fraction of sp³-hybridized carbons (Fsp3) is 0.433. The van der Waals surface area contributed by atoms with Gasteiger partial charge in [-0.05, 0) is 29.5 Å². The van der Waals surface area contributed by atoms with Crippen LogP contribution in [0.1, 0.15) is 27.2 Å². The summed E-state index contributed by atoms with van der Waals surface area (Å²) < 4.78 is 101. The molecule has 1 fully saturated rings. The third kappa shape index (κ3) is 8.93. The molecule has 0 aliphatic carbocycles. The van der Waals surface area contributed by atoms with Crippen LogP contribution in [0, 0.1) is 17.7 Å². The molecule has 250 valence electrons. The second kappa shape index (κ2) is 15.2. The smallest absolute Gasteiger partial charge is 0.393 e. The monoisotopic (exact) mass is 676 g/mol. The number of hydrogen-bond donors (Lipinski definition) is 5. The van der Waals surface area contributed by atoms with Gasteiger partial charge in [-0.3, -0.25) is 9.69 Å². The molecule has 0 bridgehead atoms. The fourth-order valence-corrected chi connectivity index (χ4v) is 6.24. The van der Waals surface area contributed by atoms with E-state index in [1.807, 2.05) is 0 Å². The highest BCUT2D eigenvalue weighted by Crippen LogP contribution is 2.39. The number of ether oxygens (including phenoxy) is 1. The summed E-state index contributed by atoms with van der Waals surface area (Å²) in [6.45, 7) is -3.51. The Labute approximate surface area is 263 Å². The minimum absolute atomic E-state index is 0.000682. The van der Waals surface area contributed by atoms with Crippen LogP contribution in [-0.4, -0.2) is 92.0 Å². The molecule has 5 N–H and O–H groups in total. The van der Waals surface area contributed by atoms with E-state index in [2.05, 4.69) is 32.5 Å². The number of aliphatic hydroxyl groups excluding tert-OH is 2. The number of β-amino-alcohol motifs (C(OH)–C–C–N with tert-alkyl or cyclic N) is 1. The quantitative estimate of drug-likeness (QED) is 0.148. The third-order valence-electron chi connectivity index (χ3n) is 7.17. The first-order valence-electron chi connectivity index (χ1n) is 14.1. The van der Waals surface area contributed by atoms with Gasteiger partial charge in [-0.25, -0.2) is 8.78 Å². The van der Waals surface area contributed by atoms with Gasteiger partial charge in [0.05, 0.1) is 58.2 Å². The number of nitrogens with zero attached hydrogens (tertiary/aromatic N) is 1. The number of carbonyl (C=O) groups is 1. The van der Waals surface area contributed by atoms with Crippen molar-refractivity contribution in [1.82, 2.24) is 10.2 Å². The predicted octanol–water partition coefficient (Wildman–Crippen LogP) is 4.75. The van der Waals surface area contributed by atoms with Gasteiger partial charge in [0.2, 0.25) is 0 Å². The van der Waals surface area contributed by atoms with Gasteiger partial charge in [0, 0.05) is 32.7 Å². The summed E-state index contributed by atoms with van der Waals surface area (Å²) in [7, 11) is 1.23. The maximum absolute atomic E-state index is 15.1. The van der Waals surface area contributed by atoms with Crippen LogP contribution in [0.4, 0.5) is 42.1 Å². The summed E-state index contributed by atoms with van der Waals surface area (Å²) in [5, 5.41) is 26.9. The molecule has 1 aliphatic heterocycles. The molecule has 0 saturated carbocycles. The van der Waals surface area contributed by atoms with E-state index < -0.39 is 67.2 Å². The Kier molecular flexibility index (Phi) is 11.6. The van der Waals surface area contributed by atoms with Gasteiger partial charge in [0.1, 0.15) is 17.7 Å². The number of aliphatic hydroxyl groups is 2. The van der Waals surface area contributed by atoms with E-state index in [9.17, 15) is 36.2 Å². The molecule has 3 aromatic rings. The number of piperidine rings is 1. The topological polar surface area (TPSA) is 106 Å². The Hall–Kier alpha value is -3.78. The van der Waals surface area contributed by atoms with Crippen LogP contribution in [0.15, 0.2) is 30.3 Å². The number of thiophene rings is 1. The van der Waals surface area contributed by atoms with Crippen molar-refractivity contribution in [1.29, 1.82) is 0 Å². The molecule has 0 radical (unpaired) electrons. The van der Waals surface area contributed by atoms with Gasteiger partial charge in [-0.1, -0.05) is 24.0 Å². The van der Waals surface area contributed by atoms with Gasteiger partial charge in [-0.2, -0.15) is 22.0 Å². The zero-order chi connectivity index (χ0) is 33.6. The van der Waals surface area contributed by atoms with Crippen molar-refractivity contribution in [3.05, 3.63) is 52.2 Å². The van der Waals surface area contributed by atoms with Crippen LogP contribution in [-0.2, 0) is 6.42 Å². The lowest BCUT2D eigenvalue weighted by molar-refractivity contribution is -0.127. The normalized spacial score (nSPS) is 17.8. The lowest BCUT2D eigenvalue weighted by atomic mass is 10.0. The van der Waals surface area contributed by atoms with Gasteiger partial charge in [0.25, 0.3) is 5.91 Å². The van der Waals surface area contributed by atoms with Crippen LogP contribution >= 0.6 is 11.3 Å². The average molecular weight is 677 g/mol. The molecule has 1 aliphatic rings. The number of rotatable bonds is 11. The van der Waals surface area contributed by atoms with Gasteiger partial charge in [0.15, 0.2) is 0 Å². The molecular weight excluding hydrogens is 645 g/mol. The first kappa shape index (κ1) is 35.1. The summed E-state index contributed by atoms with van der Waals surface area (Å²) in [4.78, 5) is 13.6. The van der Waals surface area contributed by atoms with Crippen molar-refractivity contribution in [2.75, 3.05) is 50.5 Å². The lowest BCUT2D eigenvalue weighted by Gasteiger charge is -2.36. The number of nitrogens with one attached hydrogen (secondary N) is 3. The molecule has 3 unspecified atom stereocenters. The van der Waals surface area contributed by atoms with Crippen molar-refractivity contribution in [2.24, 2.45) is 0 Å². The largest absolute Gasteiger partial charge is 0.433 e. The van der Waals surface area contributed by atoms with Gasteiger partial charge >= 0.3 is 12.8 Å². The predicted molar refractivity (Wildman–Crippen MR) is 160 cm³/mol. The summed E-state index contributed by atoms with van der Waals surface area (Å²) in [5.74, 6) is 2.88. The Morgan fingerprint density at radius 1 is 1.24 bits per heavy atom. The summed E-state index contributed by atoms with van der Waals surface area (Å²) in [6, 6.07) is 5.61. The number of hydrogen-bond acceptors (Lipinski definition) is 8. The number of benzene rings is 2. The van der Waals surface area contributed by atoms with Crippen LogP contribution in [0.2, 0.25) is 0 Å². The highest BCUT2D eigenvalue weighted by molar-refractivity contribution is 7.20. The Morgan fingerprint density at radius 2 is 2.00 bits per heavy atom. The van der Waals surface area contributed by atoms with Crippen LogP contribution < -0.4 is 20.7 Å². The lowest BCUT2D eigenvalue weighted by Crippen LogP contribution is -2.50. The molecular formula is C30H31F7N4O4S. The van der Waals surface area contributed by atoms with E-state index in [0.717, 1.165) is 23.5 Å². The van der Waals surface area contributed by atoms with Crippen LogP contribution in [0.3, 0.4) is 0 Å². The van der Waals surface area contributed by atoms with Gasteiger partial charge in [-0.15, -0.1) is 11.3 Å². The number of likely N-dealkylation sites (tertiary alicyclic amines) is 1. The molecule has 1 amide bonds. The third-order valence-corrected chi connectivity index (χ3v) is 8.36. The van der Waals surface area contributed by atoms with E-state index >= 15 is 4.39 Å². The number of anilines is 2. The second-order valence-electron chi connectivity index (χ2n) is 10.5. The summed E-state index contributed by atoms with van der Waals surface area (Å²) >= 11 is 0.975. The average Bonchev–Trinajstić information content (AvgIpc) is 3.33. The number of halogens is 7. The van der Waals surface area contributed by atoms with E-state index in [0.29, 0.717) is 23.4 Å². The minimum atomic E-state index is -4.58. The zero-order valence-electron chi connectivity index (χ0n) is 24.4. The minimum Gasteiger partial charge on any atom is -0.433 e. The van der Waals surface area contributed by atoms with Crippen molar-refractivity contribution in [3.8, 4) is 17.6 Å². The van der Waals surface area contributed by atoms with Crippen molar-refractivity contribution in [2.45, 2.75) is 43.9 Å². The Morgan fingerprint density at radius 3 is 2.65 bits per heavy atom. The number of amides is 1. The molecule has 2 heterocycles. The first-order chi connectivity index (χ1) is 21.8. The standard InChI is InChI=1S/C30H31F7N4O4S/c1-38-28(44)18-10-25(45-29(33)34)24(11-20(18)31)39-8-3-6-26-19(12-30(35,36)37)17-4-2-5-23(27(17)46-26)40-22-7-9-41(14-21(22)32)13-16(43)15-42/h2,4-5,10-11,16,21-22,29,39-40,42-43H,7-9,12-15H2,1H3,(H,38,44). The molecule has 16 heteroatoms. The molecule has 1 saturated heterocycles. The summed E-state index contributed by atoms with van der Waals surface area (Å²) in [6.07, 6.45) is -7.88. The van der Waals surface area contributed by atoms with Crippen LogP contribution in [0.25, 0.3) is 10.1 Å². The van der Waals surface area contributed by atoms with E-state index in [-0.39, 0.29) is 41.1 Å². The first-order valence-corrected chi connectivity index (χ1v) is 14.9. The number of carbonyl (C=O) groups excluding carboxylic acids is 1. The van der Waals surface area contributed by atoms with E-state index in [1.54, 1.807) is 17.0 Å². The number of alkyl halides is 6. The van der Waals surface area contributed by atoms with Crippen molar-refractivity contribution >= 4 is 38.7 Å². The maximum atomic E-state index is 15.1. The highest BCUT2D eigenvalue weighted by atomic mass is 32.1. The Balaban J connectivity index is 1.58. The second-order valence-corrected chi connectivity index (χ2v) is 11.5. The molecule has 0 spiro atoms. The maximum Gasteiger partial charge on any atom is 0.393 e. The SMILES string of the molecule is CNC(=O)c1cc(OC(F)F)c(NCC#Cc2sc3c(NC4CCN(CC(O)CO)CC4F)cccc3c2CC(F)(F)F)cc1F. The highest BCUT2D eigenvalue weighted by Gasteiger charge is 2.33. The zero-order valence-corrected chi connectivity index (χ0v) is 25.2. The molecule has 2 aromatic carbocycles. The number of fused-ring (bicyclic) bond motifs is 1. The van der Waals surface area contributed by atoms with Crippen molar-refractivity contribution < 1.29 is 50.5 Å². The van der Waals surface area contributed by atoms with Crippen LogP contribution in [0.5, 0.6) is 5.75 Å². The Bertz CT molecular complexity index is 1590.